The number of nitrogens with one attached hydrogen (secondary N) is 2. The molecule has 10 nitrogen and oxygen atoms in total. The molecule has 2 saturated heterocycles. The van der Waals surface area contributed by atoms with Gasteiger partial charge in [-0.3, -0.25) is 4.90 Å². The van der Waals surface area contributed by atoms with Gasteiger partial charge in [0.15, 0.2) is 16.4 Å². The number of ether oxygens (including phenoxy) is 2. The lowest BCUT2D eigenvalue weighted by Gasteiger charge is -2.56. The molecule has 3 aromatic rings. The molecule has 0 amide bonds. The van der Waals surface area contributed by atoms with Crippen molar-refractivity contribution < 1.29 is 41.0 Å². The molecule has 14 heteroatoms. The Morgan fingerprint density at radius 3 is 2.49 bits per heavy atom. The van der Waals surface area contributed by atoms with Gasteiger partial charge in [-0.15, -0.1) is 0 Å². The van der Waals surface area contributed by atoms with Crippen LogP contribution in [0.3, 0.4) is 0 Å². The molecule has 0 atom stereocenters. The molecule has 3 heterocycles. The third-order valence-electron chi connectivity index (χ3n) is 9.80. The zero-order valence-corrected chi connectivity index (χ0v) is 28.1. The standard InChI is InChI=1S/C35H41F3N4O6S/c1-49(45,46)27-11-12-30(32(19-27)48-20-33(43)44)39-15-3-4-26-18-28-29(5-2-6-31(28)42(26)23-35(36,37)38)40-24-7-9-25(10-8-24)41-21-34(22-41)13-16-47-17-14-34/h2,5-6,11-12,18-19,24-25,39-40H,7-10,13-17,20-23H2,1H3,(H,43,44)/t24-,25-. The van der Waals surface area contributed by atoms with Crippen molar-refractivity contribution in [2.75, 3.05) is 56.3 Å². The highest BCUT2D eigenvalue weighted by Gasteiger charge is 2.46. The fourth-order valence-corrected chi connectivity index (χ4v) is 7.91. The van der Waals surface area contributed by atoms with Crippen LogP contribution in [0.1, 0.15) is 44.2 Å². The Labute approximate surface area is 283 Å². The molecular formula is C35H41F3N4O6S. The molecule has 3 fully saturated rings. The van der Waals surface area contributed by atoms with Crippen LogP contribution in [0.15, 0.2) is 47.4 Å². The second kappa shape index (κ2) is 14.1. The Bertz CT molecular complexity index is 1840. The molecule has 2 aromatic carbocycles. The minimum atomic E-state index is -4.47. The number of likely N-dealkylation sites (tertiary alicyclic amines) is 1. The van der Waals surface area contributed by atoms with Gasteiger partial charge in [-0.25, -0.2) is 13.2 Å². The molecule has 2 aliphatic heterocycles. The second-order valence-corrected chi connectivity index (χ2v) is 15.4. The van der Waals surface area contributed by atoms with Crippen molar-refractivity contribution in [2.24, 2.45) is 5.41 Å². The van der Waals surface area contributed by atoms with Crippen LogP contribution in [0.2, 0.25) is 0 Å². The summed E-state index contributed by atoms with van der Waals surface area (Å²) in [6, 6.07) is 11.8. The number of carbonyl (C=O) groups is 1. The van der Waals surface area contributed by atoms with E-state index in [1.807, 2.05) is 6.07 Å². The van der Waals surface area contributed by atoms with Crippen LogP contribution in [0, 0.1) is 17.3 Å². The summed E-state index contributed by atoms with van der Waals surface area (Å²) < 4.78 is 77.2. The van der Waals surface area contributed by atoms with E-state index in [1.165, 1.54) is 22.8 Å². The fourth-order valence-electron chi connectivity index (χ4n) is 7.28. The van der Waals surface area contributed by atoms with Gasteiger partial charge in [-0.1, -0.05) is 12.0 Å². The molecular weight excluding hydrogens is 661 g/mol. The molecule has 1 saturated carbocycles. The first-order valence-electron chi connectivity index (χ1n) is 16.5. The Balaban J connectivity index is 1.15. The molecule has 1 spiro atoms. The number of hydrogen-bond donors (Lipinski definition) is 3. The molecule has 1 aliphatic carbocycles. The van der Waals surface area contributed by atoms with Crippen molar-refractivity contribution >= 4 is 38.1 Å². The number of alkyl halides is 3. The van der Waals surface area contributed by atoms with Crippen molar-refractivity contribution in [3.05, 3.63) is 48.2 Å². The predicted octanol–water partition coefficient (Wildman–Crippen LogP) is 5.37. The highest BCUT2D eigenvalue weighted by atomic mass is 32.2. The molecule has 3 aliphatic rings. The number of aliphatic carboxylic acids is 1. The topological polar surface area (TPSA) is 122 Å². The third kappa shape index (κ3) is 8.45. The van der Waals surface area contributed by atoms with Gasteiger partial charge in [-0.2, -0.15) is 13.2 Å². The summed E-state index contributed by atoms with van der Waals surface area (Å²) in [7, 11) is -3.59. The highest BCUT2D eigenvalue weighted by molar-refractivity contribution is 7.90. The average molecular weight is 703 g/mol. The van der Waals surface area contributed by atoms with Crippen LogP contribution in [-0.2, 0) is 25.9 Å². The number of sulfone groups is 1. The molecule has 0 bridgehead atoms. The van der Waals surface area contributed by atoms with Crippen LogP contribution in [0.5, 0.6) is 5.75 Å². The Hall–Kier alpha value is -3.93. The second-order valence-electron chi connectivity index (χ2n) is 13.4. The molecule has 0 radical (unpaired) electrons. The van der Waals surface area contributed by atoms with Crippen molar-refractivity contribution in [3.8, 4) is 17.6 Å². The molecule has 0 unspecified atom stereocenters. The zero-order valence-electron chi connectivity index (χ0n) is 27.3. The van der Waals surface area contributed by atoms with E-state index in [9.17, 15) is 26.4 Å². The zero-order chi connectivity index (χ0) is 34.8. The maximum atomic E-state index is 13.7. The summed E-state index contributed by atoms with van der Waals surface area (Å²) >= 11 is 0. The van der Waals surface area contributed by atoms with Crippen LogP contribution in [0.4, 0.5) is 24.5 Å². The number of hydrogen-bond acceptors (Lipinski definition) is 8. The number of carboxylic acids is 1. The number of fused-ring (bicyclic) bond motifs is 1. The lowest BCUT2D eigenvalue weighted by Crippen LogP contribution is -2.62. The Kier molecular flexibility index (Phi) is 10.1. The monoisotopic (exact) mass is 702 g/mol. The minimum Gasteiger partial charge on any atom is -0.480 e. The van der Waals surface area contributed by atoms with Crippen molar-refractivity contribution in [3.63, 3.8) is 0 Å². The van der Waals surface area contributed by atoms with Gasteiger partial charge in [0.1, 0.15) is 12.3 Å². The Morgan fingerprint density at radius 2 is 1.82 bits per heavy atom. The number of carboxylic acid groups (broad SMARTS) is 1. The van der Waals surface area contributed by atoms with Crippen molar-refractivity contribution in [1.82, 2.24) is 9.47 Å². The lowest BCUT2D eigenvalue weighted by atomic mass is 9.71. The fraction of sp³-hybridized carbons (Fsp3) is 0.514. The third-order valence-corrected chi connectivity index (χ3v) is 10.9. The maximum Gasteiger partial charge on any atom is 0.406 e. The minimum absolute atomic E-state index is 0.00354. The van der Waals surface area contributed by atoms with E-state index < -0.39 is 35.1 Å². The van der Waals surface area contributed by atoms with E-state index in [4.69, 9.17) is 14.6 Å². The van der Waals surface area contributed by atoms with E-state index >= 15 is 0 Å². The highest BCUT2D eigenvalue weighted by Crippen LogP contribution is 2.43. The van der Waals surface area contributed by atoms with E-state index in [-0.39, 0.29) is 34.6 Å². The summed E-state index contributed by atoms with van der Waals surface area (Å²) in [6.07, 6.45) is 2.97. The first-order valence-corrected chi connectivity index (χ1v) is 18.4. The number of benzene rings is 2. The number of nitrogens with zero attached hydrogens (tertiary/aromatic N) is 2. The number of halogens is 3. The van der Waals surface area contributed by atoms with Gasteiger partial charge < -0.3 is 29.8 Å². The molecule has 3 N–H and O–H groups in total. The summed E-state index contributed by atoms with van der Waals surface area (Å²) in [6.45, 7) is 2.10. The first-order chi connectivity index (χ1) is 23.3. The average Bonchev–Trinajstić information content (AvgIpc) is 3.38. The van der Waals surface area contributed by atoms with Crippen LogP contribution < -0.4 is 15.4 Å². The summed E-state index contributed by atoms with van der Waals surface area (Å²) in [5.74, 6) is 4.47. The van der Waals surface area contributed by atoms with Gasteiger partial charge in [0.05, 0.1) is 28.3 Å². The molecule has 264 valence electrons. The van der Waals surface area contributed by atoms with Gasteiger partial charge in [-0.05, 0) is 74.8 Å². The lowest BCUT2D eigenvalue weighted by molar-refractivity contribution is -0.140. The number of anilines is 2. The van der Waals surface area contributed by atoms with E-state index in [0.717, 1.165) is 76.8 Å². The molecule has 1 aromatic heterocycles. The van der Waals surface area contributed by atoms with Gasteiger partial charge in [0, 0.05) is 67.2 Å². The quantitative estimate of drug-likeness (QED) is 0.240. The normalized spacial score (nSPS) is 21.1. The summed E-state index contributed by atoms with van der Waals surface area (Å²) in [5, 5.41) is 16.3. The van der Waals surface area contributed by atoms with E-state index in [0.29, 0.717) is 22.4 Å². The number of rotatable bonds is 10. The van der Waals surface area contributed by atoms with Crippen molar-refractivity contribution in [1.29, 1.82) is 0 Å². The van der Waals surface area contributed by atoms with Crippen LogP contribution in [-0.4, -0.2) is 92.9 Å². The van der Waals surface area contributed by atoms with Crippen LogP contribution >= 0.6 is 0 Å². The summed E-state index contributed by atoms with van der Waals surface area (Å²) in [5.41, 5.74) is 2.13. The molecule has 49 heavy (non-hydrogen) atoms. The number of aromatic nitrogens is 1. The first kappa shape index (κ1) is 34.9. The Morgan fingerprint density at radius 1 is 1.08 bits per heavy atom. The molecule has 6 rings (SSSR count). The predicted molar refractivity (Wildman–Crippen MR) is 180 cm³/mol. The van der Waals surface area contributed by atoms with Crippen molar-refractivity contribution in [2.45, 2.75) is 68.2 Å². The summed E-state index contributed by atoms with van der Waals surface area (Å²) in [4.78, 5) is 13.6. The van der Waals surface area contributed by atoms with E-state index in [2.05, 4.69) is 27.4 Å². The van der Waals surface area contributed by atoms with E-state index in [1.54, 1.807) is 18.2 Å². The maximum absolute atomic E-state index is 13.7. The largest absolute Gasteiger partial charge is 0.480 e. The SMILES string of the molecule is CS(=O)(=O)c1ccc(NCC#Cc2cc3c(N[C@H]4CC[C@H](N5CC6(CCOCC6)C5)CC4)cccc3n2CC(F)(F)F)c(OCC(=O)O)c1. The van der Waals surface area contributed by atoms with Gasteiger partial charge >= 0.3 is 12.1 Å². The van der Waals surface area contributed by atoms with Crippen LogP contribution in [0.25, 0.3) is 10.9 Å². The van der Waals surface area contributed by atoms with Gasteiger partial charge in [0.2, 0.25) is 0 Å². The van der Waals surface area contributed by atoms with Gasteiger partial charge in [0.25, 0.3) is 0 Å². The smallest absolute Gasteiger partial charge is 0.406 e.